The molecule has 0 spiro atoms. The summed E-state index contributed by atoms with van der Waals surface area (Å²) in [5.74, 6) is 0.711. The summed E-state index contributed by atoms with van der Waals surface area (Å²) >= 11 is 6.04. The lowest BCUT2D eigenvalue weighted by atomic mass is 9.83. The minimum absolute atomic E-state index is 0.0134. The first-order chi connectivity index (χ1) is 19.4. The number of hydrogen-bond donors (Lipinski definition) is 1. The highest BCUT2D eigenvalue weighted by Gasteiger charge is 2.31. The SMILES string of the molecule is Cc1cc(OCC(=O)Oc2ccc3c(c2)OC(N)=C(C#N)C3c2cccc(OCc3ccccc3)c2)ccc1Cl. The van der Waals surface area contributed by atoms with Crippen LogP contribution in [0.2, 0.25) is 5.02 Å². The Labute approximate surface area is 236 Å². The van der Waals surface area contributed by atoms with Crippen molar-refractivity contribution in [2.75, 3.05) is 6.61 Å². The average molecular weight is 553 g/mol. The molecular formula is C32H25ClN2O5. The largest absolute Gasteiger partial charge is 0.489 e. The van der Waals surface area contributed by atoms with Crippen LogP contribution in [0.4, 0.5) is 0 Å². The van der Waals surface area contributed by atoms with E-state index in [1.54, 1.807) is 36.4 Å². The summed E-state index contributed by atoms with van der Waals surface area (Å²) in [4.78, 5) is 12.5. The number of aryl methyl sites for hydroxylation is 1. The molecule has 0 fully saturated rings. The standard InChI is InChI=1S/C32H25ClN2O5/c1-20-14-24(11-13-28(20)33)38-19-30(36)39-25-10-12-26-29(16-25)40-32(35)27(17-34)31(26)22-8-5-9-23(15-22)37-18-21-6-3-2-4-7-21/h2-16,31H,18-19,35H2,1H3. The second-order valence-corrected chi connectivity index (χ2v) is 9.55. The Bertz CT molecular complexity index is 1630. The van der Waals surface area contributed by atoms with Crippen LogP contribution in [-0.2, 0) is 11.4 Å². The fraction of sp³-hybridized carbons (Fsp3) is 0.125. The van der Waals surface area contributed by atoms with Crippen molar-refractivity contribution < 1.29 is 23.7 Å². The van der Waals surface area contributed by atoms with Crippen molar-refractivity contribution in [1.29, 1.82) is 5.26 Å². The molecule has 1 heterocycles. The van der Waals surface area contributed by atoms with Gasteiger partial charge in [-0.25, -0.2) is 4.79 Å². The summed E-state index contributed by atoms with van der Waals surface area (Å²) in [6, 6.07) is 29.7. The lowest BCUT2D eigenvalue weighted by molar-refractivity contribution is -0.136. The third-order valence-corrected chi connectivity index (χ3v) is 6.77. The third-order valence-electron chi connectivity index (χ3n) is 6.35. The van der Waals surface area contributed by atoms with Crippen molar-refractivity contribution in [1.82, 2.24) is 0 Å². The summed E-state index contributed by atoms with van der Waals surface area (Å²) in [7, 11) is 0. The van der Waals surface area contributed by atoms with E-state index in [2.05, 4.69) is 6.07 Å². The van der Waals surface area contributed by atoms with Gasteiger partial charge in [0, 0.05) is 16.7 Å². The number of allylic oxidation sites excluding steroid dienone is 1. The Hall–Kier alpha value is -4.93. The number of carbonyl (C=O) groups is 1. The molecule has 1 atom stereocenters. The fourth-order valence-corrected chi connectivity index (χ4v) is 4.49. The topological polar surface area (TPSA) is 104 Å². The third kappa shape index (κ3) is 6.04. The molecule has 8 heteroatoms. The maximum Gasteiger partial charge on any atom is 0.349 e. The highest BCUT2D eigenvalue weighted by molar-refractivity contribution is 6.31. The van der Waals surface area contributed by atoms with Gasteiger partial charge in [-0.2, -0.15) is 5.26 Å². The predicted molar refractivity (Wildman–Crippen MR) is 150 cm³/mol. The molecule has 0 saturated carbocycles. The number of nitriles is 1. The number of carbonyl (C=O) groups excluding carboxylic acids is 1. The molecule has 200 valence electrons. The van der Waals surface area contributed by atoms with Crippen molar-refractivity contribution in [3.05, 3.63) is 130 Å². The Morgan fingerprint density at radius 2 is 1.73 bits per heavy atom. The molecule has 4 aromatic carbocycles. The average Bonchev–Trinajstić information content (AvgIpc) is 2.96. The number of fused-ring (bicyclic) bond motifs is 1. The van der Waals surface area contributed by atoms with E-state index in [1.165, 1.54) is 0 Å². The molecule has 0 amide bonds. The monoisotopic (exact) mass is 552 g/mol. The van der Waals surface area contributed by atoms with E-state index < -0.39 is 11.9 Å². The normalized spacial score (nSPS) is 14.0. The lowest BCUT2D eigenvalue weighted by Gasteiger charge is -2.27. The molecule has 40 heavy (non-hydrogen) atoms. The van der Waals surface area contributed by atoms with Gasteiger partial charge in [-0.05, 0) is 60.0 Å². The van der Waals surface area contributed by atoms with Crippen LogP contribution in [0, 0.1) is 18.3 Å². The highest BCUT2D eigenvalue weighted by Crippen LogP contribution is 2.44. The minimum Gasteiger partial charge on any atom is -0.489 e. The van der Waals surface area contributed by atoms with Crippen LogP contribution in [0.15, 0.2) is 102 Å². The quantitative estimate of drug-likeness (QED) is 0.198. The molecule has 1 unspecified atom stereocenters. The molecule has 0 saturated heterocycles. The summed E-state index contributed by atoms with van der Waals surface area (Å²) in [6.07, 6.45) is 0. The Morgan fingerprint density at radius 3 is 2.50 bits per heavy atom. The van der Waals surface area contributed by atoms with Crippen LogP contribution in [0.5, 0.6) is 23.0 Å². The smallest absolute Gasteiger partial charge is 0.349 e. The van der Waals surface area contributed by atoms with E-state index in [9.17, 15) is 10.1 Å². The van der Waals surface area contributed by atoms with E-state index in [0.717, 1.165) is 16.7 Å². The first kappa shape index (κ1) is 26.7. The van der Waals surface area contributed by atoms with Crippen molar-refractivity contribution in [3.63, 3.8) is 0 Å². The Morgan fingerprint density at radius 1 is 0.950 bits per heavy atom. The maximum absolute atomic E-state index is 12.5. The number of nitrogens with two attached hydrogens (primary N) is 1. The number of rotatable bonds is 8. The van der Waals surface area contributed by atoms with Crippen molar-refractivity contribution >= 4 is 17.6 Å². The zero-order valence-corrected chi connectivity index (χ0v) is 22.4. The molecule has 0 aromatic heterocycles. The Balaban J connectivity index is 1.33. The number of hydrogen-bond acceptors (Lipinski definition) is 7. The molecule has 2 N–H and O–H groups in total. The van der Waals surface area contributed by atoms with Crippen LogP contribution in [0.3, 0.4) is 0 Å². The number of halogens is 1. The van der Waals surface area contributed by atoms with Crippen molar-refractivity contribution in [2.45, 2.75) is 19.4 Å². The van der Waals surface area contributed by atoms with Gasteiger partial charge in [0.1, 0.15) is 41.2 Å². The molecule has 0 bridgehead atoms. The summed E-state index contributed by atoms with van der Waals surface area (Å²) in [5, 5.41) is 10.5. The molecule has 7 nitrogen and oxygen atoms in total. The van der Waals surface area contributed by atoms with Gasteiger partial charge in [0.15, 0.2) is 6.61 Å². The van der Waals surface area contributed by atoms with Crippen LogP contribution in [0.1, 0.15) is 28.2 Å². The van der Waals surface area contributed by atoms with Gasteiger partial charge in [0.05, 0.1) is 5.92 Å². The maximum atomic E-state index is 12.5. The predicted octanol–water partition coefficient (Wildman–Crippen LogP) is 6.43. The van der Waals surface area contributed by atoms with Gasteiger partial charge in [0.2, 0.25) is 5.88 Å². The number of ether oxygens (including phenoxy) is 4. The van der Waals surface area contributed by atoms with E-state index >= 15 is 0 Å². The zero-order chi connectivity index (χ0) is 28.1. The van der Waals surface area contributed by atoms with Gasteiger partial charge in [0.25, 0.3) is 0 Å². The van der Waals surface area contributed by atoms with E-state index in [0.29, 0.717) is 34.4 Å². The highest BCUT2D eigenvalue weighted by atomic mass is 35.5. The van der Waals surface area contributed by atoms with Gasteiger partial charge >= 0.3 is 5.97 Å². The van der Waals surface area contributed by atoms with Crippen LogP contribution in [0.25, 0.3) is 0 Å². The van der Waals surface area contributed by atoms with E-state index in [-0.39, 0.29) is 23.8 Å². The molecule has 5 rings (SSSR count). The molecular weight excluding hydrogens is 528 g/mol. The van der Waals surface area contributed by atoms with E-state index in [4.69, 9.17) is 36.3 Å². The first-order valence-corrected chi connectivity index (χ1v) is 12.9. The lowest BCUT2D eigenvalue weighted by Crippen LogP contribution is -2.21. The molecule has 4 aromatic rings. The van der Waals surface area contributed by atoms with Gasteiger partial charge in [-0.15, -0.1) is 0 Å². The number of nitrogens with zero attached hydrogens (tertiary/aromatic N) is 1. The van der Waals surface area contributed by atoms with Crippen molar-refractivity contribution in [2.24, 2.45) is 5.73 Å². The summed E-state index contributed by atoms with van der Waals surface area (Å²) in [5.41, 5.74) is 9.84. The van der Waals surface area contributed by atoms with Crippen LogP contribution >= 0.6 is 11.6 Å². The molecule has 1 aliphatic rings. The van der Waals surface area contributed by atoms with Gasteiger partial charge in [-0.3, -0.25) is 0 Å². The summed E-state index contributed by atoms with van der Waals surface area (Å²) < 4.78 is 22.8. The molecule has 1 aliphatic heterocycles. The number of esters is 1. The fourth-order valence-electron chi connectivity index (χ4n) is 4.38. The van der Waals surface area contributed by atoms with Crippen molar-refractivity contribution in [3.8, 4) is 29.1 Å². The summed E-state index contributed by atoms with van der Waals surface area (Å²) in [6.45, 7) is 1.96. The van der Waals surface area contributed by atoms with Crippen LogP contribution in [-0.4, -0.2) is 12.6 Å². The molecule has 0 aliphatic carbocycles. The Kier molecular flexibility index (Phi) is 7.90. The molecule has 0 radical (unpaired) electrons. The second kappa shape index (κ2) is 11.9. The zero-order valence-electron chi connectivity index (χ0n) is 21.6. The van der Waals surface area contributed by atoms with Crippen LogP contribution < -0.4 is 24.7 Å². The van der Waals surface area contributed by atoms with Gasteiger partial charge < -0.3 is 24.7 Å². The van der Waals surface area contributed by atoms with E-state index in [1.807, 2.05) is 61.5 Å². The number of benzene rings is 4. The van der Waals surface area contributed by atoms with Gasteiger partial charge in [-0.1, -0.05) is 60.1 Å². The second-order valence-electron chi connectivity index (χ2n) is 9.14. The minimum atomic E-state index is -0.593. The first-order valence-electron chi connectivity index (χ1n) is 12.5.